The standard InChI is InChI=1S/C11H8BrNOS/c12-11-7-3-1-2-4-8(7)15-9(11)5-6-10(13)14/h1-6H,(H2,13,14). The van der Waals surface area contributed by atoms with E-state index >= 15 is 0 Å². The molecule has 0 spiro atoms. The number of rotatable bonds is 2. The average Bonchev–Trinajstić information content (AvgIpc) is 2.54. The summed E-state index contributed by atoms with van der Waals surface area (Å²) in [5.41, 5.74) is 5.05. The second-order valence-electron chi connectivity index (χ2n) is 3.01. The lowest BCUT2D eigenvalue weighted by Crippen LogP contribution is -2.04. The minimum absolute atomic E-state index is 0.431. The van der Waals surface area contributed by atoms with E-state index in [1.807, 2.05) is 24.3 Å². The molecule has 2 aromatic rings. The average molecular weight is 282 g/mol. The summed E-state index contributed by atoms with van der Waals surface area (Å²) in [6.45, 7) is 0. The van der Waals surface area contributed by atoms with Gasteiger partial charge in [0.1, 0.15) is 0 Å². The molecule has 2 rings (SSSR count). The van der Waals surface area contributed by atoms with Gasteiger partial charge in [-0.2, -0.15) is 0 Å². The van der Waals surface area contributed by atoms with Crippen LogP contribution >= 0.6 is 27.3 Å². The number of hydrogen-bond donors (Lipinski definition) is 1. The third kappa shape index (κ3) is 2.11. The Morgan fingerprint density at radius 2 is 2.13 bits per heavy atom. The Morgan fingerprint density at radius 3 is 2.80 bits per heavy atom. The summed E-state index contributed by atoms with van der Waals surface area (Å²) in [4.78, 5) is 11.6. The number of hydrogen-bond acceptors (Lipinski definition) is 2. The van der Waals surface area contributed by atoms with E-state index < -0.39 is 5.91 Å². The molecule has 2 nitrogen and oxygen atoms in total. The molecule has 0 saturated heterocycles. The minimum Gasteiger partial charge on any atom is -0.366 e. The summed E-state index contributed by atoms with van der Waals surface area (Å²) >= 11 is 5.13. The van der Waals surface area contributed by atoms with Gasteiger partial charge in [-0.25, -0.2) is 0 Å². The Kier molecular flexibility index (Phi) is 2.88. The number of amides is 1. The summed E-state index contributed by atoms with van der Waals surface area (Å²) in [7, 11) is 0. The fourth-order valence-corrected chi connectivity index (χ4v) is 3.15. The Labute approximate surface area is 99.5 Å². The van der Waals surface area contributed by atoms with Gasteiger partial charge >= 0.3 is 0 Å². The number of nitrogens with two attached hydrogens (primary N) is 1. The van der Waals surface area contributed by atoms with Crippen molar-refractivity contribution >= 4 is 49.3 Å². The summed E-state index contributed by atoms with van der Waals surface area (Å²) in [5.74, 6) is -0.431. The topological polar surface area (TPSA) is 43.1 Å². The summed E-state index contributed by atoms with van der Waals surface area (Å²) < 4.78 is 2.20. The van der Waals surface area contributed by atoms with Crippen molar-refractivity contribution < 1.29 is 4.79 Å². The zero-order valence-corrected chi connectivity index (χ0v) is 10.1. The molecule has 1 aromatic heterocycles. The molecule has 1 heterocycles. The molecule has 0 aliphatic carbocycles. The Bertz CT molecular complexity index is 545. The minimum atomic E-state index is -0.431. The molecule has 0 bridgehead atoms. The number of carbonyl (C=O) groups excluding carboxylic acids is 1. The summed E-state index contributed by atoms with van der Waals surface area (Å²) in [5, 5.41) is 1.16. The lowest BCUT2D eigenvalue weighted by atomic mass is 10.2. The molecule has 0 aliphatic heterocycles. The van der Waals surface area contributed by atoms with Crippen molar-refractivity contribution in [2.75, 3.05) is 0 Å². The Balaban J connectivity index is 2.53. The molecule has 1 amide bonds. The van der Waals surface area contributed by atoms with Crippen molar-refractivity contribution in [1.29, 1.82) is 0 Å². The van der Waals surface area contributed by atoms with Gasteiger partial charge in [-0.05, 0) is 28.1 Å². The normalized spacial score (nSPS) is 11.3. The van der Waals surface area contributed by atoms with Gasteiger partial charge in [-0.15, -0.1) is 11.3 Å². The Morgan fingerprint density at radius 1 is 1.40 bits per heavy atom. The molecule has 15 heavy (non-hydrogen) atoms. The van der Waals surface area contributed by atoms with Crippen LogP contribution in [0, 0.1) is 0 Å². The summed E-state index contributed by atoms with van der Waals surface area (Å²) in [6, 6.07) is 8.07. The van der Waals surface area contributed by atoms with Crippen molar-refractivity contribution in [3.8, 4) is 0 Å². The molecule has 0 saturated carbocycles. The highest BCUT2D eigenvalue weighted by Crippen LogP contribution is 2.36. The third-order valence-electron chi connectivity index (χ3n) is 1.96. The number of primary amides is 1. The maximum absolute atomic E-state index is 10.6. The van der Waals surface area contributed by atoms with E-state index in [2.05, 4.69) is 15.9 Å². The Hall–Kier alpha value is -1.13. The van der Waals surface area contributed by atoms with Crippen LogP contribution < -0.4 is 5.73 Å². The molecule has 0 radical (unpaired) electrons. The predicted octanol–water partition coefficient (Wildman–Crippen LogP) is 3.16. The zero-order valence-electron chi connectivity index (χ0n) is 7.74. The van der Waals surface area contributed by atoms with Crippen LogP contribution in [0.3, 0.4) is 0 Å². The van der Waals surface area contributed by atoms with Crippen LogP contribution in [0.2, 0.25) is 0 Å². The molecule has 4 heteroatoms. The van der Waals surface area contributed by atoms with Gasteiger partial charge in [0.25, 0.3) is 0 Å². The van der Waals surface area contributed by atoms with Crippen molar-refractivity contribution in [2.45, 2.75) is 0 Å². The van der Waals surface area contributed by atoms with Gasteiger partial charge in [0, 0.05) is 25.5 Å². The number of carbonyl (C=O) groups is 1. The first-order valence-corrected chi connectivity index (χ1v) is 5.94. The number of fused-ring (bicyclic) bond motifs is 1. The van der Waals surface area contributed by atoms with Crippen molar-refractivity contribution in [3.63, 3.8) is 0 Å². The van der Waals surface area contributed by atoms with Crippen LogP contribution in [-0.2, 0) is 4.79 Å². The van der Waals surface area contributed by atoms with Crippen LogP contribution in [0.15, 0.2) is 34.8 Å². The quantitative estimate of drug-likeness (QED) is 0.845. The highest BCUT2D eigenvalue weighted by atomic mass is 79.9. The molecule has 0 fully saturated rings. The maximum Gasteiger partial charge on any atom is 0.241 e. The maximum atomic E-state index is 10.6. The molecular weight excluding hydrogens is 274 g/mol. The third-order valence-corrected chi connectivity index (χ3v) is 4.21. The first-order chi connectivity index (χ1) is 7.18. The van der Waals surface area contributed by atoms with Crippen LogP contribution in [0.4, 0.5) is 0 Å². The van der Waals surface area contributed by atoms with Crippen LogP contribution in [-0.4, -0.2) is 5.91 Å². The van der Waals surface area contributed by atoms with Crippen molar-refractivity contribution in [3.05, 3.63) is 39.7 Å². The predicted molar refractivity (Wildman–Crippen MR) is 67.8 cm³/mol. The van der Waals surface area contributed by atoms with Crippen LogP contribution in [0.5, 0.6) is 0 Å². The molecule has 76 valence electrons. The van der Waals surface area contributed by atoms with Crippen molar-refractivity contribution in [1.82, 2.24) is 0 Å². The van der Waals surface area contributed by atoms with Crippen molar-refractivity contribution in [2.24, 2.45) is 5.73 Å². The lowest BCUT2D eigenvalue weighted by molar-refractivity contribution is -0.113. The van der Waals surface area contributed by atoms with E-state index in [0.29, 0.717) is 0 Å². The zero-order chi connectivity index (χ0) is 10.8. The highest BCUT2D eigenvalue weighted by Gasteiger charge is 2.06. The lowest BCUT2D eigenvalue weighted by Gasteiger charge is -1.88. The van der Waals surface area contributed by atoms with Crippen LogP contribution in [0.1, 0.15) is 4.88 Å². The molecular formula is C11H8BrNOS. The van der Waals surface area contributed by atoms with E-state index in [1.165, 1.54) is 10.8 Å². The summed E-state index contributed by atoms with van der Waals surface area (Å²) in [6.07, 6.45) is 3.10. The second-order valence-corrected chi connectivity index (χ2v) is 4.89. The highest BCUT2D eigenvalue weighted by molar-refractivity contribution is 9.10. The molecule has 2 N–H and O–H groups in total. The van der Waals surface area contributed by atoms with Gasteiger partial charge < -0.3 is 5.73 Å². The number of thiophene rings is 1. The second kappa shape index (κ2) is 4.16. The smallest absolute Gasteiger partial charge is 0.241 e. The molecule has 0 aliphatic rings. The fraction of sp³-hybridized carbons (Fsp3) is 0. The SMILES string of the molecule is NC(=O)C=Cc1sc2ccccc2c1Br. The van der Waals surface area contributed by atoms with E-state index in [0.717, 1.165) is 14.7 Å². The monoisotopic (exact) mass is 281 g/mol. The van der Waals surface area contributed by atoms with Gasteiger partial charge in [0.05, 0.1) is 0 Å². The van der Waals surface area contributed by atoms with E-state index in [4.69, 9.17) is 5.73 Å². The van der Waals surface area contributed by atoms with Gasteiger partial charge in [0.2, 0.25) is 5.91 Å². The molecule has 0 unspecified atom stereocenters. The molecule has 1 aromatic carbocycles. The van der Waals surface area contributed by atoms with Gasteiger partial charge in [-0.1, -0.05) is 18.2 Å². The van der Waals surface area contributed by atoms with Gasteiger partial charge in [0.15, 0.2) is 0 Å². The van der Waals surface area contributed by atoms with E-state index in [-0.39, 0.29) is 0 Å². The van der Waals surface area contributed by atoms with Crippen LogP contribution in [0.25, 0.3) is 16.2 Å². The number of benzene rings is 1. The molecule has 0 atom stereocenters. The van der Waals surface area contributed by atoms with Gasteiger partial charge in [-0.3, -0.25) is 4.79 Å². The largest absolute Gasteiger partial charge is 0.366 e. The fourth-order valence-electron chi connectivity index (χ4n) is 1.30. The van der Waals surface area contributed by atoms with E-state index in [1.54, 1.807) is 17.4 Å². The first-order valence-electron chi connectivity index (χ1n) is 4.33. The van der Waals surface area contributed by atoms with E-state index in [9.17, 15) is 4.79 Å². The number of halogens is 1. The first kappa shape index (κ1) is 10.4.